The van der Waals surface area contributed by atoms with Crippen molar-refractivity contribution in [1.29, 1.82) is 5.26 Å². The smallest absolute Gasteiger partial charge is 0.256 e. The van der Waals surface area contributed by atoms with Crippen LogP contribution in [-0.4, -0.2) is 13.0 Å². The molecule has 106 valence electrons. The van der Waals surface area contributed by atoms with Gasteiger partial charge in [0.1, 0.15) is 15.9 Å². The highest BCUT2D eigenvalue weighted by molar-refractivity contribution is 7.17. The van der Waals surface area contributed by atoms with Crippen molar-refractivity contribution in [2.45, 2.75) is 13.1 Å². The molecule has 0 atom stereocenters. The Hall–Kier alpha value is -2.52. The third kappa shape index (κ3) is 2.12. The van der Waals surface area contributed by atoms with E-state index in [1.165, 1.54) is 22.5 Å². The van der Waals surface area contributed by atoms with E-state index in [4.69, 9.17) is 11.0 Å². The molecule has 1 aromatic carbocycles. The van der Waals surface area contributed by atoms with E-state index in [2.05, 4.69) is 28.4 Å². The van der Waals surface area contributed by atoms with Crippen LogP contribution in [0.15, 0.2) is 24.3 Å². The molecule has 0 bridgehead atoms. The Balaban J connectivity index is 2.05. The molecule has 21 heavy (non-hydrogen) atoms. The molecule has 3 N–H and O–H groups in total. The first-order valence-electron chi connectivity index (χ1n) is 6.52. The molecule has 0 unspecified atom stereocenters. The number of amides is 1. The third-order valence-corrected chi connectivity index (χ3v) is 4.78. The zero-order chi connectivity index (χ0) is 15.0. The van der Waals surface area contributed by atoms with Crippen LogP contribution in [0.5, 0.6) is 0 Å². The van der Waals surface area contributed by atoms with Gasteiger partial charge in [0.05, 0.1) is 11.3 Å². The van der Waals surface area contributed by atoms with Gasteiger partial charge in [0.25, 0.3) is 5.91 Å². The largest absolute Gasteiger partial charge is 0.396 e. The maximum Gasteiger partial charge on any atom is 0.256 e. The zero-order valence-corrected chi connectivity index (χ0v) is 12.3. The standard InChI is InChI=1S/C15H14N4OS/c1-18-14(20)12-13(17)11(6-16)21-15(12)19-7-9-4-2-3-5-10(9)8-19/h2-5H,7-8,17H2,1H3,(H,18,20). The van der Waals surface area contributed by atoms with E-state index in [-0.39, 0.29) is 11.6 Å². The molecule has 2 aromatic rings. The fraction of sp³-hybridized carbons (Fsp3) is 0.200. The lowest BCUT2D eigenvalue weighted by Crippen LogP contribution is -2.23. The van der Waals surface area contributed by atoms with Crippen molar-refractivity contribution in [3.63, 3.8) is 0 Å². The minimum absolute atomic E-state index is 0.254. The average Bonchev–Trinajstić information content (AvgIpc) is 3.07. The SMILES string of the molecule is CNC(=O)c1c(N2Cc3ccccc3C2)sc(C#N)c1N. The van der Waals surface area contributed by atoms with Gasteiger partial charge in [0.15, 0.2) is 0 Å². The lowest BCUT2D eigenvalue weighted by molar-refractivity contribution is 0.0965. The van der Waals surface area contributed by atoms with Crippen molar-refractivity contribution in [3.8, 4) is 6.07 Å². The highest BCUT2D eigenvalue weighted by atomic mass is 32.1. The Bertz CT molecular complexity index is 735. The fourth-order valence-corrected chi connectivity index (χ4v) is 3.57. The summed E-state index contributed by atoms with van der Waals surface area (Å²) in [5.41, 5.74) is 9.13. The van der Waals surface area contributed by atoms with Gasteiger partial charge < -0.3 is 16.0 Å². The predicted octanol–water partition coefficient (Wildman–Crippen LogP) is 2.08. The number of nitrogens with zero attached hydrogens (tertiary/aromatic N) is 2. The molecular formula is C15H14N4OS. The van der Waals surface area contributed by atoms with Crippen LogP contribution in [0.4, 0.5) is 10.7 Å². The van der Waals surface area contributed by atoms with Crippen molar-refractivity contribution < 1.29 is 4.79 Å². The number of thiophene rings is 1. The number of anilines is 2. The van der Waals surface area contributed by atoms with Gasteiger partial charge in [-0.2, -0.15) is 5.26 Å². The number of benzene rings is 1. The van der Waals surface area contributed by atoms with Gasteiger partial charge in [-0.3, -0.25) is 4.79 Å². The number of carbonyl (C=O) groups is 1. The quantitative estimate of drug-likeness (QED) is 0.889. The van der Waals surface area contributed by atoms with Crippen molar-refractivity contribution in [2.75, 3.05) is 17.7 Å². The lowest BCUT2D eigenvalue weighted by atomic mass is 10.1. The summed E-state index contributed by atoms with van der Waals surface area (Å²) < 4.78 is 0. The number of hydrogen-bond acceptors (Lipinski definition) is 5. The van der Waals surface area contributed by atoms with Crippen LogP contribution in [0.3, 0.4) is 0 Å². The minimum atomic E-state index is -0.254. The maximum absolute atomic E-state index is 12.1. The predicted molar refractivity (Wildman–Crippen MR) is 83.2 cm³/mol. The summed E-state index contributed by atoms with van der Waals surface area (Å²) in [5.74, 6) is -0.254. The Morgan fingerprint density at radius 3 is 2.52 bits per heavy atom. The Morgan fingerprint density at radius 2 is 2.00 bits per heavy atom. The highest BCUT2D eigenvalue weighted by Crippen LogP contribution is 2.41. The van der Waals surface area contributed by atoms with Gasteiger partial charge in [-0.25, -0.2) is 0 Å². The number of nitrogens with two attached hydrogens (primary N) is 1. The topological polar surface area (TPSA) is 82.2 Å². The van der Waals surface area contributed by atoms with E-state index in [1.54, 1.807) is 7.05 Å². The van der Waals surface area contributed by atoms with E-state index in [0.717, 1.165) is 18.1 Å². The molecule has 1 aromatic heterocycles. The van der Waals surface area contributed by atoms with Crippen LogP contribution >= 0.6 is 11.3 Å². The van der Waals surface area contributed by atoms with Crippen LogP contribution in [0, 0.1) is 11.3 Å². The lowest BCUT2D eigenvalue weighted by Gasteiger charge is -2.17. The molecule has 1 aliphatic rings. The summed E-state index contributed by atoms with van der Waals surface area (Å²) in [7, 11) is 1.56. The molecule has 0 radical (unpaired) electrons. The minimum Gasteiger partial charge on any atom is -0.396 e. The third-order valence-electron chi connectivity index (χ3n) is 3.61. The van der Waals surface area contributed by atoms with E-state index in [1.807, 2.05) is 12.1 Å². The average molecular weight is 298 g/mol. The summed E-state index contributed by atoms with van der Waals surface area (Å²) in [6, 6.07) is 10.2. The first-order valence-corrected chi connectivity index (χ1v) is 7.33. The second-order valence-corrected chi connectivity index (χ2v) is 5.84. The number of rotatable bonds is 2. The molecule has 5 nitrogen and oxygen atoms in total. The maximum atomic E-state index is 12.1. The van der Waals surface area contributed by atoms with Gasteiger partial charge >= 0.3 is 0 Å². The highest BCUT2D eigenvalue weighted by Gasteiger charge is 2.28. The normalized spacial score (nSPS) is 12.9. The monoisotopic (exact) mass is 298 g/mol. The summed E-state index contributed by atoms with van der Waals surface area (Å²) in [5, 5.41) is 12.5. The molecular weight excluding hydrogens is 284 g/mol. The van der Waals surface area contributed by atoms with Gasteiger partial charge in [-0.05, 0) is 11.1 Å². The van der Waals surface area contributed by atoms with Gasteiger partial charge in [0.2, 0.25) is 0 Å². The number of nitriles is 1. The van der Waals surface area contributed by atoms with Crippen molar-refractivity contribution in [3.05, 3.63) is 45.8 Å². The van der Waals surface area contributed by atoms with E-state index in [9.17, 15) is 4.79 Å². The van der Waals surface area contributed by atoms with Crippen LogP contribution in [-0.2, 0) is 13.1 Å². The van der Waals surface area contributed by atoms with Crippen molar-refractivity contribution in [1.82, 2.24) is 5.32 Å². The molecule has 1 aliphatic heterocycles. The van der Waals surface area contributed by atoms with Gasteiger partial charge in [0, 0.05) is 20.1 Å². The summed E-state index contributed by atoms with van der Waals surface area (Å²) in [6.07, 6.45) is 0. The molecule has 3 rings (SSSR count). The summed E-state index contributed by atoms with van der Waals surface area (Å²) in [4.78, 5) is 14.6. The van der Waals surface area contributed by atoms with Crippen molar-refractivity contribution >= 4 is 27.9 Å². The van der Waals surface area contributed by atoms with E-state index < -0.39 is 0 Å². The summed E-state index contributed by atoms with van der Waals surface area (Å²) >= 11 is 1.28. The van der Waals surface area contributed by atoms with Gasteiger partial charge in [-0.15, -0.1) is 11.3 Å². The molecule has 0 saturated carbocycles. The van der Waals surface area contributed by atoms with E-state index >= 15 is 0 Å². The van der Waals surface area contributed by atoms with Gasteiger partial charge in [-0.1, -0.05) is 24.3 Å². The number of carbonyl (C=O) groups excluding carboxylic acids is 1. The Labute approximate surface area is 126 Å². The Kier molecular flexibility index (Phi) is 3.28. The zero-order valence-electron chi connectivity index (χ0n) is 11.5. The number of hydrogen-bond donors (Lipinski definition) is 2. The summed E-state index contributed by atoms with van der Waals surface area (Å²) in [6.45, 7) is 1.45. The molecule has 0 spiro atoms. The Morgan fingerprint density at radius 1 is 1.38 bits per heavy atom. The fourth-order valence-electron chi connectivity index (χ4n) is 2.56. The molecule has 1 amide bonds. The molecule has 2 heterocycles. The second kappa shape index (κ2) is 5.11. The number of nitrogen functional groups attached to an aromatic ring is 1. The molecule has 0 fully saturated rings. The van der Waals surface area contributed by atoms with Crippen LogP contribution in [0.2, 0.25) is 0 Å². The van der Waals surface area contributed by atoms with E-state index in [0.29, 0.717) is 10.4 Å². The van der Waals surface area contributed by atoms with Crippen LogP contribution in [0.1, 0.15) is 26.4 Å². The first kappa shape index (κ1) is 13.5. The molecule has 6 heteroatoms. The second-order valence-electron chi connectivity index (χ2n) is 4.84. The van der Waals surface area contributed by atoms with Crippen LogP contribution < -0.4 is 16.0 Å². The van der Waals surface area contributed by atoms with Crippen molar-refractivity contribution in [2.24, 2.45) is 0 Å². The first-order chi connectivity index (χ1) is 10.2. The molecule has 0 aliphatic carbocycles. The number of fused-ring (bicyclic) bond motifs is 1. The molecule has 0 saturated heterocycles. The van der Waals surface area contributed by atoms with Crippen LogP contribution in [0.25, 0.3) is 0 Å². The number of nitrogens with one attached hydrogen (secondary N) is 1.